The molecule has 1 heterocycles. The molecule has 1 unspecified atom stereocenters. The first-order valence-corrected chi connectivity index (χ1v) is 8.58. The number of rotatable bonds is 5. The second-order valence-electron chi connectivity index (χ2n) is 5.30. The molecule has 6 nitrogen and oxygen atoms in total. The number of hydrogen-bond acceptors (Lipinski definition) is 5. The summed E-state index contributed by atoms with van der Waals surface area (Å²) in [4.78, 5) is 28.6. The van der Waals surface area contributed by atoms with Crippen LogP contribution in [0.5, 0.6) is 5.75 Å². The van der Waals surface area contributed by atoms with Crippen LogP contribution < -0.4 is 15.4 Å². The molecule has 0 spiro atoms. The molecule has 128 valence electrons. The van der Waals surface area contributed by atoms with Gasteiger partial charge in [0.1, 0.15) is 16.7 Å². The number of hydrogen-bond donors (Lipinski definition) is 2. The van der Waals surface area contributed by atoms with Gasteiger partial charge < -0.3 is 15.4 Å². The van der Waals surface area contributed by atoms with E-state index in [1.807, 2.05) is 30.3 Å². The lowest BCUT2D eigenvalue weighted by atomic mass is 10.2. The molecule has 1 fully saturated rings. The number of nitrogens with zero attached hydrogens (tertiary/aromatic N) is 1. The number of nitrogens with one attached hydrogen (secondary N) is 2. The zero-order valence-corrected chi connectivity index (χ0v) is 14.4. The van der Waals surface area contributed by atoms with Crippen LogP contribution in [0.15, 0.2) is 59.6 Å². The van der Waals surface area contributed by atoms with Crippen molar-refractivity contribution in [2.24, 2.45) is 4.99 Å². The molecular weight excluding hydrogens is 338 g/mol. The van der Waals surface area contributed by atoms with Crippen LogP contribution in [0.2, 0.25) is 0 Å². The molecule has 3 rings (SSSR count). The Morgan fingerprint density at radius 1 is 1.20 bits per heavy atom. The molecule has 0 saturated carbocycles. The summed E-state index contributed by atoms with van der Waals surface area (Å²) in [5, 5.41) is 5.45. The van der Waals surface area contributed by atoms with E-state index in [0.29, 0.717) is 22.3 Å². The highest BCUT2D eigenvalue weighted by Gasteiger charge is 2.32. The Kier molecular flexibility index (Phi) is 5.35. The molecule has 0 bridgehead atoms. The maximum absolute atomic E-state index is 12.1. The van der Waals surface area contributed by atoms with E-state index >= 15 is 0 Å². The molecule has 2 aromatic carbocycles. The van der Waals surface area contributed by atoms with Gasteiger partial charge in [-0.25, -0.2) is 4.99 Å². The van der Waals surface area contributed by atoms with Gasteiger partial charge in [-0.05, 0) is 24.3 Å². The second-order valence-corrected chi connectivity index (χ2v) is 6.49. The number of ether oxygens (including phenoxy) is 1. The van der Waals surface area contributed by atoms with E-state index in [9.17, 15) is 9.59 Å². The summed E-state index contributed by atoms with van der Waals surface area (Å²) in [5.41, 5.74) is 1.33. The number of amides is 2. The fourth-order valence-corrected chi connectivity index (χ4v) is 3.31. The number of amidine groups is 1. The van der Waals surface area contributed by atoms with Crippen LogP contribution in [0, 0.1) is 0 Å². The first-order valence-electron chi connectivity index (χ1n) is 7.70. The van der Waals surface area contributed by atoms with E-state index in [-0.39, 0.29) is 18.2 Å². The van der Waals surface area contributed by atoms with Gasteiger partial charge in [0, 0.05) is 12.1 Å². The van der Waals surface area contributed by atoms with Gasteiger partial charge >= 0.3 is 0 Å². The van der Waals surface area contributed by atoms with Crippen molar-refractivity contribution in [1.29, 1.82) is 0 Å². The van der Waals surface area contributed by atoms with Crippen molar-refractivity contribution in [1.82, 2.24) is 5.32 Å². The fourth-order valence-electron chi connectivity index (χ4n) is 2.33. The van der Waals surface area contributed by atoms with Gasteiger partial charge in [0.05, 0.1) is 7.11 Å². The minimum Gasteiger partial charge on any atom is -0.494 e. The van der Waals surface area contributed by atoms with E-state index < -0.39 is 5.25 Å². The minimum absolute atomic E-state index is 0.0797. The topological polar surface area (TPSA) is 79.8 Å². The van der Waals surface area contributed by atoms with Gasteiger partial charge in [-0.15, -0.1) is 0 Å². The predicted molar refractivity (Wildman–Crippen MR) is 99.3 cm³/mol. The van der Waals surface area contributed by atoms with E-state index in [4.69, 9.17) is 4.74 Å². The van der Waals surface area contributed by atoms with E-state index in [1.165, 1.54) is 11.8 Å². The van der Waals surface area contributed by atoms with Crippen LogP contribution in [-0.4, -0.2) is 29.3 Å². The van der Waals surface area contributed by atoms with Gasteiger partial charge in [0.25, 0.3) is 0 Å². The molecule has 1 aliphatic heterocycles. The number of para-hydroxylation sites is 3. The molecule has 25 heavy (non-hydrogen) atoms. The van der Waals surface area contributed by atoms with Crippen molar-refractivity contribution < 1.29 is 14.3 Å². The van der Waals surface area contributed by atoms with Crippen molar-refractivity contribution in [2.75, 3.05) is 12.4 Å². The Labute approximate surface area is 149 Å². The maximum atomic E-state index is 12.1. The quantitative estimate of drug-likeness (QED) is 0.864. The standard InChI is InChI=1S/C18H17N3O3S/c1-24-14-10-6-5-9-13(14)20-18-21-17(23)15(25-18)11-16(22)19-12-7-3-2-4-8-12/h2-10,15H,11H2,1H3,(H,19,22)(H,20,21,23). The number of aliphatic imine (C=N–C) groups is 1. The van der Waals surface area contributed by atoms with Gasteiger partial charge in [-0.1, -0.05) is 42.1 Å². The number of methoxy groups -OCH3 is 1. The van der Waals surface area contributed by atoms with E-state index in [2.05, 4.69) is 15.6 Å². The summed E-state index contributed by atoms with van der Waals surface area (Å²) in [6, 6.07) is 16.4. The third-order valence-electron chi connectivity index (χ3n) is 3.51. The second kappa shape index (κ2) is 7.85. The van der Waals surface area contributed by atoms with Gasteiger partial charge in [-0.2, -0.15) is 0 Å². The Morgan fingerprint density at radius 2 is 1.92 bits per heavy atom. The zero-order valence-electron chi connectivity index (χ0n) is 13.6. The van der Waals surface area contributed by atoms with E-state index in [0.717, 1.165) is 0 Å². The molecule has 0 radical (unpaired) electrons. The Morgan fingerprint density at radius 3 is 2.68 bits per heavy atom. The number of anilines is 1. The molecule has 1 aliphatic rings. The highest BCUT2D eigenvalue weighted by atomic mass is 32.2. The molecule has 2 aromatic rings. The maximum Gasteiger partial charge on any atom is 0.240 e. The summed E-state index contributed by atoms with van der Waals surface area (Å²) in [7, 11) is 1.57. The smallest absolute Gasteiger partial charge is 0.240 e. The van der Waals surface area contributed by atoms with Crippen LogP contribution in [0.4, 0.5) is 11.4 Å². The number of carbonyl (C=O) groups excluding carboxylic acids is 2. The average molecular weight is 355 g/mol. The van der Waals surface area contributed by atoms with Crippen LogP contribution in [0.25, 0.3) is 0 Å². The number of thioether (sulfide) groups is 1. The molecule has 2 amide bonds. The van der Waals surface area contributed by atoms with Crippen molar-refractivity contribution in [3.63, 3.8) is 0 Å². The van der Waals surface area contributed by atoms with Gasteiger partial charge in [0.15, 0.2) is 5.17 Å². The van der Waals surface area contributed by atoms with Crippen LogP contribution >= 0.6 is 11.8 Å². The molecule has 0 aliphatic carbocycles. The Hall–Kier alpha value is -2.80. The lowest BCUT2D eigenvalue weighted by molar-refractivity contribution is -0.122. The third-order valence-corrected chi connectivity index (χ3v) is 4.59. The highest BCUT2D eigenvalue weighted by Crippen LogP contribution is 2.30. The first kappa shape index (κ1) is 17.0. The largest absolute Gasteiger partial charge is 0.494 e. The normalized spacial score (nSPS) is 18.0. The molecular formula is C18H17N3O3S. The SMILES string of the molecule is COc1ccccc1N=C1NC(=O)C(CC(=O)Nc2ccccc2)S1. The predicted octanol–water partition coefficient (Wildman–Crippen LogP) is 2.94. The van der Waals surface area contributed by atoms with Crippen LogP contribution in [-0.2, 0) is 9.59 Å². The lowest BCUT2D eigenvalue weighted by Gasteiger charge is -2.07. The molecule has 7 heteroatoms. The summed E-state index contributed by atoms with van der Waals surface area (Å²) >= 11 is 1.24. The Bertz CT molecular complexity index is 808. The van der Waals surface area contributed by atoms with Crippen molar-refractivity contribution in [3.05, 3.63) is 54.6 Å². The van der Waals surface area contributed by atoms with Crippen molar-refractivity contribution >= 4 is 40.1 Å². The first-order chi connectivity index (χ1) is 12.2. The number of benzene rings is 2. The van der Waals surface area contributed by atoms with Crippen molar-refractivity contribution in [2.45, 2.75) is 11.7 Å². The van der Waals surface area contributed by atoms with E-state index in [1.54, 1.807) is 31.4 Å². The van der Waals surface area contributed by atoms with Crippen molar-refractivity contribution in [3.8, 4) is 5.75 Å². The van der Waals surface area contributed by atoms with Crippen LogP contribution in [0.3, 0.4) is 0 Å². The molecule has 1 saturated heterocycles. The molecule has 0 aromatic heterocycles. The minimum atomic E-state index is -0.503. The van der Waals surface area contributed by atoms with Crippen LogP contribution in [0.1, 0.15) is 6.42 Å². The lowest BCUT2D eigenvalue weighted by Crippen LogP contribution is -2.28. The molecule has 1 atom stereocenters. The van der Waals surface area contributed by atoms with Gasteiger partial charge in [0.2, 0.25) is 11.8 Å². The Balaban J connectivity index is 1.64. The summed E-state index contributed by atoms with van der Waals surface area (Å²) in [6.07, 6.45) is 0.0797. The summed E-state index contributed by atoms with van der Waals surface area (Å²) in [6.45, 7) is 0. The fraction of sp³-hybridized carbons (Fsp3) is 0.167. The van der Waals surface area contributed by atoms with Gasteiger partial charge in [-0.3, -0.25) is 9.59 Å². The highest BCUT2D eigenvalue weighted by molar-refractivity contribution is 8.15. The monoisotopic (exact) mass is 355 g/mol. The summed E-state index contributed by atoms with van der Waals surface area (Å²) in [5.74, 6) is 0.189. The molecule has 2 N–H and O–H groups in total. The number of carbonyl (C=O) groups is 2. The zero-order chi connectivity index (χ0) is 17.6. The average Bonchev–Trinajstić information content (AvgIpc) is 2.95. The summed E-state index contributed by atoms with van der Waals surface area (Å²) < 4.78 is 5.25. The third kappa shape index (κ3) is 4.39.